The van der Waals surface area contributed by atoms with Crippen LogP contribution in [-0.4, -0.2) is 79.0 Å². The van der Waals surface area contributed by atoms with Crippen LogP contribution in [0, 0.1) is 17.8 Å². The van der Waals surface area contributed by atoms with E-state index in [2.05, 4.69) is 21.7 Å². The Morgan fingerprint density at radius 1 is 0.923 bits per heavy atom. The summed E-state index contributed by atoms with van der Waals surface area (Å²) in [6.07, 6.45) is 9.95. The molecule has 0 aromatic heterocycles. The van der Waals surface area contributed by atoms with E-state index < -0.39 is 0 Å². The first kappa shape index (κ1) is 18.7. The highest BCUT2D eigenvalue weighted by Gasteiger charge is 2.42. The van der Waals surface area contributed by atoms with Crippen LogP contribution in [0.1, 0.15) is 51.4 Å². The van der Waals surface area contributed by atoms with Gasteiger partial charge in [-0.1, -0.05) is 12.8 Å². The molecule has 1 amide bonds. The van der Waals surface area contributed by atoms with Crippen LogP contribution >= 0.6 is 0 Å². The Kier molecular flexibility index (Phi) is 5.87. The zero-order valence-corrected chi connectivity index (χ0v) is 16.6. The highest BCUT2D eigenvalue weighted by molar-refractivity contribution is 5.79. The number of fused-ring (bicyclic) bond motifs is 2. The maximum absolute atomic E-state index is 13.1. The molecule has 2 aliphatic heterocycles. The third-order valence-corrected chi connectivity index (χ3v) is 7.84. The molecule has 5 nitrogen and oxygen atoms in total. The van der Waals surface area contributed by atoms with Gasteiger partial charge in [0, 0.05) is 50.7 Å². The number of carbonyl (C=O) groups excluding carboxylic acids is 1. The molecule has 3 unspecified atom stereocenters. The zero-order chi connectivity index (χ0) is 18.1. The van der Waals surface area contributed by atoms with Crippen molar-refractivity contribution in [1.82, 2.24) is 14.7 Å². The van der Waals surface area contributed by atoms with Crippen LogP contribution in [0.25, 0.3) is 0 Å². The topological polar surface area (TPSA) is 52.8 Å². The summed E-state index contributed by atoms with van der Waals surface area (Å²) in [4.78, 5) is 20.4. The average molecular weight is 363 g/mol. The van der Waals surface area contributed by atoms with Crippen molar-refractivity contribution in [2.24, 2.45) is 23.5 Å². The second kappa shape index (κ2) is 8.15. The molecule has 4 aliphatic rings. The third-order valence-electron chi connectivity index (χ3n) is 7.84. The molecule has 2 bridgehead atoms. The standard InChI is InChI=1S/C21H38N4O/c1-23-8-3-2-7-19(23)15-24-9-11-25(12-10-24)21(26)18-13-16-5-4-6-17(14-18)20(16)22/h16-20H,2-15,22H2,1H3. The molecule has 2 aliphatic carbocycles. The monoisotopic (exact) mass is 362 g/mol. The minimum absolute atomic E-state index is 0.251. The van der Waals surface area contributed by atoms with Crippen LogP contribution < -0.4 is 5.73 Å². The molecular weight excluding hydrogens is 324 g/mol. The van der Waals surface area contributed by atoms with Crippen molar-refractivity contribution in [2.75, 3.05) is 46.3 Å². The first-order valence-electron chi connectivity index (χ1n) is 11.1. The summed E-state index contributed by atoms with van der Waals surface area (Å²) >= 11 is 0. The number of piperidine rings is 1. The van der Waals surface area contributed by atoms with Gasteiger partial charge in [0.25, 0.3) is 0 Å². The summed E-state index contributed by atoms with van der Waals surface area (Å²) in [5, 5.41) is 0. The second-order valence-electron chi connectivity index (χ2n) is 9.45. The first-order valence-corrected chi connectivity index (χ1v) is 11.1. The molecule has 3 atom stereocenters. The Labute approximate surface area is 159 Å². The number of hydrogen-bond acceptors (Lipinski definition) is 4. The molecule has 26 heavy (non-hydrogen) atoms. The lowest BCUT2D eigenvalue weighted by atomic mass is 9.65. The van der Waals surface area contributed by atoms with Gasteiger partial charge in [-0.3, -0.25) is 9.69 Å². The quantitative estimate of drug-likeness (QED) is 0.831. The number of carbonyl (C=O) groups is 1. The molecule has 4 rings (SSSR count). The molecule has 2 N–H and O–H groups in total. The number of nitrogens with two attached hydrogens (primary N) is 1. The van der Waals surface area contributed by atoms with E-state index >= 15 is 0 Å². The maximum atomic E-state index is 13.1. The lowest BCUT2D eigenvalue weighted by molar-refractivity contribution is -0.140. The molecule has 0 aromatic rings. The Morgan fingerprint density at radius 2 is 1.62 bits per heavy atom. The van der Waals surface area contributed by atoms with Gasteiger partial charge in [0.05, 0.1) is 0 Å². The molecule has 5 heteroatoms. The van der Waals surface area contributed by atoms with Gasteiger partial charge in [0.15, 0.2) is 0 Å². The van der Waals surface area contributed by atoms with E-state index in [1.54, 1.807) is 0 Å². The number of likely N-dealkylation sites (tertiary alicyclic amines) is 1. The summed E-state index contributed by atoms with van der Waals surface area (Å²) in [5.41, 5.74) is 6.41. The number of rotatable bonds is 3. The molecule has 148 valence electrons. The highest BCUT2D eigenvalue weighted by atomic mass is 16.2. The van der Waals surface area contributed by atoms with Crippen LogP contribution in [0.15, 0.2) is 0 Å². The molecule has 0 radical (unpaired) electrons. The van der Waals surface area contributed by atoms with Crippen molar-refractivity contribution in [2.45, 2.75) is 63.5 Å². The number of piperazine rings is 1. The van der Waals surface area contributed by atoms with E-state index in [-0.39, 0.29) is 5.92 Å². The lowest BCUT2D eigenvalue weighted by Crippen LogP contribution is -2.55. The van der Waals surface area contributed by atoms with E-state index in [9.17, 15) is 4.79 Å². The Bertz CT molecular complexity index is 476. The van der Waals surface area contributed by atoms with E-state index in [4.69, 9.17) is 5.73 Å². The molecule has 2 saturated heterocycles. The molecule has 0 spiro atoms. The van der Waals surface area contributed by atoms with Crippen molar-refractivity contribution in [3.63, 3.8) is 0 Å². The average Bonchev–Trinajstić information content (AvgIpc) is 2.63. The fraction of sp³-hybridized carbons (Fsp3) is 0.952. The van der Waals surface area contributed by atoms with E-state index in [1.807, 2.05) is 0 Å². The maximum Gasteiger partial charge on any atom is 0.225 e. The van der Waals surface area contributed by atoms with Gasteiger partial charge >= 0.3 is 0 Å². The van der Waals surface area contributed by atoms with Crippen LogP contribution in [-0.2, 0) is 4.79 Å². The molecule has 2 saturated carbocycles. The molecular formula is C21H38N4O. The van der Waals surface area contributed by atoms with Crippen LogP contribution in [0.5, 0.6) is 0 Å². The van der Waals surface area contributed by atoms with Gasteiger partial charge in [0.2, 0.25) is 5.91 Å². The summed E-state index contributed by atoms with van der Waals surface area (Å²) in [6, 6.07) is 1.07. The normalized spacial score (nSPS) is 39.8. The van der Waals surface area contributed by atoms with Gasteiger partial charge in [-0.2, -0.15) is 0 Å². The van der Waals surface area contributed by atoms with Gasteiger partial charge in [-0.25, -0.2) is 0 Å². The number of amides is 1. The number of nitrogens with zero attached hydrogens (tertiary/aromatic N) is 3. The van der Waals surface area contributed by atoms with Gasteiger partial charge in [0.1, 0.15) is 0 Å². The van der Waals surface area contributed by atoms with Gasteiger partial charge in [-0.05, 0) is 64.0 Å². The first-order chi connectivity index (χ1) is 12.6. The Morgan fingerprint density at radius 3 is 2.27 bits per heavy atom. The van der Waals surface area contributed by atoms with Crippen LogP contribution in [0.3, 0.4) is 0 Å². The van der Waals surface area contributed by atoms with E-state index in [0.717, 1.165) is 39.0 Å². The van der Waals surface area contributed by atoms with Crippen molar-refractivity contribution in [3.8, 4) is 0 Å². The molecule has 0 aromatic carbocycles. The van der Waals surface area contributed by atoms with Gasteiger partial charge < -0.3 is 15.5 Å². The largest absolute Gasteiger partial charge is 0.340 e. The fourth-order valence-electron chi connectivity index (χ4n) is 6.07. The molecule has 2 heterocycles. The SMILES string of the molecule is CN1CCCCC1CN1CCN(C(=O)C2CC3CCCC(C2)C3N)CC1. The van der Waals surface area contributed by atoms with Crippen molar-refractivity contribution in [3.05, 3.63) is 0 Å². The fourth-order valence-corrected chi connectivity index (χ4v) is 6.07. The summed E-state index contributed by atoms with van der Waals surface area (Å²) in [7, 11) is 2.27. The van der Waals surface area contributed by atoms with E-state index in [0.29, 0.717) is 29.8 Å². The third kappa shape index (κ3) is 3.95. The van der Waals surface area contributed by atoms with Crippen LogP contribution in [0.2, 0.25) is 0 Å². The van der Waals surface area contributed by atoms with Crippen molar-refractivity contribution < 1.29 is 4.79 Å². The highest BCUT2D eigenvalue weighted by Crippen LogP contribution is 2.42. The smallest absolute Gasteiger partial charge is 0.225 e. The zero-order valence-electron chi connectivity index (χ0n) is 16.6. The Hall–Kier alpha value is -0.650. The van der Waals surface area contributed by atoms with Crippen molar-refractivity contribution in [1.29, 1.82) is 0 Å². The van der Waals surface area contributed by atoms with Crippen molar-refractivity contribution >= 4 is 5.91 Å². The predicted octanol–water partition coefficient (Wildman–Crippen LogP) is 1.77. The summed E-state index contributed by atoms with van der Waals surface area (Å²) in [6.45, 7) is 6.38. The minimum Gasteiger partial charge on any atom is -0.340 e. The summed E-state index contributed by atoms with van der Waals surface area (Å²) in [5.74, 6) is 1.88. The number of hydrogen-bond donors (Lipinski definition) is 1. The predicted molar refractivity (Wildman–Crippen MR) is 105 cm³/mol. The van der Waals surface area contributed by atoms with Gasteiger partial charge in [-0.15, -0.1) is 0 Å². The lowest BCUT2D eigenvalue weighted by Gasteiger charge is -2.45. The Balaban J connectivity index is 1.26. The summed E-state index contributed by atoms with van der Waals surface area (Å²) < 4.78 is 0. The minimum atomic E-state index is 0.251. The van der Waals surface area contributed by atoms with E-state index in [1.165, 1.54) is 51.6 Å². The van der Waals surface area contributed by atoms with Crippen LogP contribution in [0.4, 0.5) is 0 Å². The second-order valence-corrected chi connectivity index (χ2v) is 9.45. The molecule has 4 fully saturated rings. The number of likely N-dealkylation sites (N-methyl/N-ethyl adjacent to an activating group) is 1.